The van der Waals surface area contributed by atoms with Crippen molar-refractivity contribution in [3.8, 4) is 5.75 Å². The van der Waals surface area contributed by atoms with E-state index in [4.69, 9.17) is 27.9 Å². The lowest BCUT2D eigenvalue weighted by Gasteiger charge is -2.15. The molecule has 1 N–H and O–H groups in total. The molecule has 24 heavy (non-hydrogen) atoms. The number of hydrogen-bond donors (Lipinski definition) is 1. The van der Waals surface area contributed by atoms with Gasteiger partial charge < -0.3 is 4.74 Å². The number of hydrogen-bond acceptors (Lipinski definition) is 5. The molecule has 2 aromatic rings. The lowest BCUT2D eigenvalue weighted by Crippen LogP contribution is -2.30. The number of ether oxygens (including phenoxy) is 1. The molecule has 0 spiro atoms. The molecule has 0 saturated heterocycles. The van der Waals surface area contributed by atoms with Crippen molar-refractivity contribution < 1.29 is 9.53 Å². The van der Waals surface area contributed by atoms with Gasteiger partial charge in [0.1, 0.15) is 10.8 Å². The Morgan fingerprint density at radius 3 is 2.67 bits per heavy atom. The minimum Gasteiger partial charge on any atom is -0.479 e. The zero-order chi connectivity index (χ0) is 17.9. The summed E-state index contributed by atoms with van der Waals surface area (Å²) in [5, 5.41) is 13.0. The van der Waals surface area contributed by atoms with E-state index in [1.165, 1.54) is 11.3 Å². The largest absolute Gasteiger partial charge is 0.479 e. The molecule has 1 unspecified atom stereocenters. The number of carbonyl (C=O) groups is 1. The summed E-state index contributed by atoms with van der Waals surface area (Å²) in [6, 6.07) is 4.84. The molecule has 0 aliphatic rings. The monoisotopic (exact) mass is 387 g/mol. The second kappa shape index (κ2) is 7.68. The Kier molecular flexibility index (Phi) is 6.06. The maximum atomic E-state index is 12.2. The molecule has 1 aromatic carbocycles. The van der Waals surface area contributed by atoms with Gasteiger partial charge in [-0.2, -0.15) is 0 Å². The van der Waals surface area contributed by atoms with Crippen LogP contribution >= 0.6 is 34.5 Å². The summed E-state index contributed by atoms with van der Waals surface area (Å²) in [6.07, 6.45) is 0.0612. The van der Waals surface area contributed by atoms with Crippen LogP contribution < -0.4 is 10.1 Å². The molecule has 0 bridgehead atoms. The molecule has 5 nitrogen and oxygen atoms in total. The summed E-state index contributed by atoms with van der Waals surface area (Å²) in [5.41, 5.74) is 0.114. The number of benzene rings is 1. The Hall–Kier alpha value is -1.37. The van der Waals surface area contributed by atoms with Gasteiger partial charge in [-0.3, -0.25) is 10.1 Å². The molecule has 1 aromatic heterocycles. The number of aromatic nitrogens is 2. The molecule has 8 heteroatoms. The number of nitrogens with one attached hydrogen (secondary N) is 1. The first-order chi connectivity index (χ1) is 11.1. The molecule has 0 fully saturated rings. The standard InChI is InChI=1S/C16H19Cl2N3O2S/c1-9(23-12-6-5-10(17)7-11(12)18)14(22)19-15-21-20-13(24-15)8-16(2,3)4/h5-7,9H,8H2,1-4H3,(H,19,21,22). The van der Waals surface area contributed by atoms with Crippen LogP contribution in [0.15, 0.2) is 18.2 Å². The number of halogens is 2. The van der Waals surface area contributed by atoms with E-state index in [2.05, 4.69) is 36.3 Å². The Balaban J connectivity index is 1.96. The van der Waals surface area contributed by atoms with Crippen molar-refractivity contribution in [1.82, 2.24) is 10.2 Å². The van der Waals surface area contributed by atoms with Crippen molar-refractivity contribution in [1.29, 1.82) is 0 Å². The van der Waals surface area contributed by atoms with Gasteiger partial charge in [-0.25, -0.2) is 0 Å². The van der Waals surface area contributed by atoms with Gasteiger partial charge in [0, 0.05) is 11.4 Å². The van der Waals surface area contributed by atoms with Gasteiger partial charge >= 0.3 is 0 Å². The molecule has 130 valence electrons. The molecule has 1 heterocycles. The van der Waals surface area contributed by atoms with Gasteiger partial charge in [0.15, 0.2) is 6.10 Å². The average molecular weight is 388 g/mol. The lowest BCUT2D eigenvalue weighted by atomic mass is 9.93. The summed E-state index contributed by atoms with van der Waals surface area (Å²) in [6.45, 7) is 8.01. The number of amides is 1. The third-order valence-electron chi connectivity index (χ3n) is 2.95. The molecule has 0 saturated carbocycles. The highest BCUT2D eigenvalue weighted by atomic mass is 35.5. The number of rotatable bonds is 5. The van der Waals surface area contributed by atoms with E-state index in [1.54, 1.807) is 25.1 Å². The van der Waals surface area contributed by atoms with Crippen LogP contribution in [-0.2, 0) is 11.2 Å². The summed E-state index contributed by atoms with van der Waals surface area (Å²) in [5.74, 6) is 0.0777. The fourth-order valence-electron chi connectivity index (χ4n) is 1.85. The quantitative estimate of drug-likeness (QED) is 0.796. The van der Waals surface area contributed by atoms with Crippen LogP contribution in [0.5, 0.6) is 5.75 Å². The van der Waals surface area contributed by atoms with Gasteiger partial charge in [0.25, 0.3) is 5.91 Å². The first-order valence-electron chi connectivity index (χ1n) is 7.39. The zero-order valence-electron chi connectivity index (χ0n) is 13.9. The maximum absolute atomic E-state index is 12.2. The zero-order valence-corrected chi connectivity index (χ0v) is 16.2. The van der Waals surface area contributed by atoms with Crippen molar-refractivity contribution in [2.75, 3.05) is 5.32 Å². The van der Waals surface area contributed by atoms with Gasteiger partial charge in [-0.05, 0) is 30.5 Å². The van der Waals surface area contributed by atoms with Crippen molar-refractivity contribution in [3.63, 3.8) is 0 Å². The second-order valence-corrected chi connectivity index (χ2v) is 8.47. The summed E-state index contributed by atoms with van der Waals surface area (Å²) < 4.78 is 5.58. The molecule has 0 radical (unpaired) electrons. The second-order valence-electron chi connectivity index (χ2n) is 6.56. The molecule has 1 atom stereocenters. The molecule has 1 amide bonds. The van der Waals surface area contributed by atoms with Crippen LogP contribution in [0.25, 0.3) is 0 Å². The van der Waals surface area contributed by atoms with Crippen LogP contribution in [-0.4, -0.2) is 22.2 Å². The molecule has 2 rings (SSSR count). The van der Waals surface area contributed by atoms with E-state index < -0.39 is 6.10 Å². The van der Waals surface area contributed by atoms with E-state index in [-0.39, 0.29) is 11.3 Å². The average Bonchev–Trinajstić information content (AvgIpc) is 2.86. The molecule has 0 aliphatic heterocycles. The minimum atomic E-state index is -0.737. The minimum absolute atomic E-state index is 0.114. The van der Waals surface area contributed by atoms with E-state index >= 15 is 0 Å². The summed E-state index contributed by atoms with van der Waals surface area (Å²) in [7, 11) is 0. The van der Waals surface area contributed by atoms with Crippen LogP contribution in [0, 0.1) is 5.41 Å². The van der Waals surface area contributed by atoms with Crippen LogP contribution in [0.1, 0.15) is 32.7 Å². The van der Waals surface area contributed by atoms with E-state index in [1.807, 2.05) is 0 Å². The Morgan fingerprint density at radius 2 is 2.04 bits per heavy atom. The van der Waals surface area contributed by atoms with Crippen LogP contribution in [0.2, 0.25) is 10.0 Å². The first kappa shape index (κ1) is 19.0. The van der Waals surface area contributed by atoms with Gasteiger partial charge in [0.2, 0.25) is 5.13 Å². The predicted octanol–water partition coefficient (Wildman–Crippen LogP) is 4.84. The molecule has 0 aliphatic carbocycles. The predicted molar refractivity (Wildman–Crippen MR) is 98.2 cm³/mol. The highest BCUT2D eigenvalue weighted by molar-refractivity contribution is 7.15. The normalized spacial score (nSPS) is 12.8. The van der Waals surface area contributed by atoms with Crippen molar-refractivity contribution in [3.05, 3.63) is 33.3 Å². The first-order valence-corrected chi connectivity index (χ1v) is 8.96. The van der Waals surface area contributed by atoms with Crippen molar-refractivity contribution in [2.45, 2.75) is 40.2 Å². The Morgan fingerprint density at radius 1 is 1.33 bits per heavy atom. The van der Waals surface area contributed by atoms with Crippen LogP contribution in [0.4, 0.5) is 5.13 Å². The van der Waals surface area contributed by atoms with Gasteiger partial charge in [-0.1, -0.05) is 55.3 Å². The summed E-state index contributed by atoms with van der Waals surface area (Å²) in [4.78, 5) is 12.2. The third kappa shape index (κ3) is 5.61. The van der Waals surface area contributed by atoms with E-state index in [9.17, 15) is 4.79 Å². The van der Waals surface area contributed by atoms with Gasteiger partial charge in [0.05, 0.1) is 5.02 Å². The fraction of sp³-hybridized carbons (Fsp3) is 0.438. The summed E-state index contributed by atoms with van der Waals surface area (Å²) >= 11 is 13.2. The highest BCUT2D eigenvalue weighted by Crippen LogP contribution is 2.29. The number of anilines is 1. The van der Waals surface area contributed by atoms with Crippen molar-refractivity contribution >= 4 is 45.6 Å². The van der Waals surface area contributed by atoms with E-state index in [0.29, 0.717) is 20.9 Å². The third-order valence-corrected chi connectivity index (χ3v) is 4.31. The smallest absolute Gasteiger partial charge is 0.266 e. The number of carbonyl (C=O) groups excluding carboxylic acids is 1. The van der Waals surface area contributed by atoms with Crippen molar-refractivity contribution in [2.24, 2.45) is 5.41 Å². The lowest BCUT2D eigenvalue weighted by molar-refractivity contribution is -0.122. The molecular formula is C16H19Cl2N3O2S. The van der Waals surface area contributed by atoms with E-state index in [0.717, 1.165) is 11.4 Å². The maximum Gasteiger partial charge on any atom is 0.266 e. The highest BCUT2D eigenvalue weighted by Gasteiger charge is 2.20. The Bertz CT molecular complexity index is 728. The topological polar surface area (TPSA) is 64.1 Å². The van der Waals surface area contributed by atoms with Gasteiger partial charge in [-0.15, -0.1) is 10.2 Å². The Labute approximate surface area is 155 Å². The molecular weight excluding hydrogens is 369 g/mol. The van der Waals surface area contributed by atoms with Crippen LogP contribution in [0.3, 0.4) is 0 Å². The number of nitrogens with zero attached hydrogens (tertiary/aromatic N) is 2. The fourth-order valence-corrected chi connectivity index (χ4v) is 3.35. The SMILES string of the molecule is CC(Oc1ccc(Cl)cc1Cl)C(=O)Nc1nnc(CC(C)(C)C)s1.